The van der Waals surface area contributed by atoms with Gasteiger partial charge in [-0.1, -0.05) is 6.07 Å². The van der Waals surface area contributed by atoms with Crippen molar-refractivity contribution in [3.05, 3.63) is 64.0 Å². The van der Waals surface area contributed by atoms with Gasteiger partial charge in [0, 0.05) is 11.1 Å². The number of carbonyl (C=O) groups excluding carboxylic acids is 1. The number of carbonyl (C=O) groups is 1. The molecule has 0 aromatic heterocycles. The Morgan fingerprint density at radius 2 is 1.63 bits per heavy atom. The van der Waals surface area contributed by atoms with Gasteiger partial charge in [0.1, 0.15) is 5.82 Å². The minimum absolute atomic E-state index is 0.0494. The lowest BCUT2D eigenvalue weighted by molar-refractivity contribution is 0.103. The first kappa shape index (κ1) is 13.3. The molecule has 0 aliphatic rings. The Labute approximate surface area is 112 Å². The predicted molar refractivity (Wildman–Crippen MR) is 74.9 cm³/mol. The SMILES string of the molecule is Cc1cc(C)c(C(=O)c2ccc(N)c(F)c2)cc1C. The Hall–Kier alpha value is -2.16. The maximum absolute atomic E-state index is 13.4. The molecule has 0 aliphatic carbocycles. The second-order valence-corrected chi connectivity index (χ2v) is 4.82. The summed E-state index contributed by atoms with van der Waals surface area (Å²) in [6.07, 6.45) is 0. The van der Waals surface area contributed by atoms with Crippen LogP contribution in [-0.4, -0.2) is 5.78 Å². The predicted octanol–water partition coefficient (Wildman–Crippen LogP) is 3.56. The second-order valence-electron chi connectivity index (χ2n) is 4.82. The van der Waals surface area contributed by atoms with Crippen LogP contribution < -0.4 is 5.73 Å². The molecule has 2 aromatic rings. The summed E-state index contributed by atoms with van der Waals surface area (Å²) in [5, 5.41) is 0. The molecule has 0 heterocycles. The van der Waals surface area contributed by atoms with Crippen LogP contribution in [0.15, 0.2) is 30.3 Å². The fraction of sp³-hybridized carbons (Fsp3) is 0.188. The van der Waals surface area contributed by atoms with Gasteiger partial charge in [-0.2, -0.15) is 0 Å². The van der Waals surface area contributed by atoms with E-state index in [1.54, 1.807) is 6.07 Å². The summed E-state index contributed by atoms with van der Waals surface area (Å²) in [5.41, 5.74) is 9.46. The fourth-order valence-corrected chi connectivity index (χ4v) is 2.03. The number of nitrogens with two attached hydrogens (primary N) is 1. The first-order valence-electron chi connectivity index (χ1n) is 6.07. The molecule has 0 saturated heterocycles. The van der Waals surface area contributed by atoms with Crippen molar-refractivity contribution in [2.45, 2.75) is 20.8 Å². The number of nitrogen functional groups attached to an aromatic ring is 1. The molecule has 0 aliphatic heterocycles. The fourth-order valence-electron chi connectivity index (χ4n) is 2.03. The minimum Gasteiger partial charge on any atom is -0.396 e. The zero-order chi connectivity index (χ0) is 14.2. The summed E-state index contributed by atoms with van der Waals surface area (Å²) in [7, 11) is 0. The Bertz CT molecular complexity index is 662. The first-order chi connectivity index (χ1) is 8.90. The monoisotopic (exact) mass is 257 g/mol. The van der Waals surface area contributed by atoms with E-state index in [1.807, 2.05) is 32.9 Å². The van der Waals surface area contributed by atoms with Crippen molar-refractivity contribution >= 4 is 11.5 Å². The van der Waals surface area contributed by atoms with E-state index in [9.17, 15) is 9.18 Å². The molecule has 0 saturated carbocycles. The Morgan fingerprint density at radius 3 is 2.26 bits per heavy atom. The molecule has 0 amide bonds. The van der Waals surface area contributed by atoms with Gasteiger partial charge in [-0.25, -0.2) is 4.39 Å². The van der Waals surface area contributed by atoms with Crippen LogP contribution in [0.1, 0.15) is 32.6 Å². The third kappa shape index (κ3) is 2.50. The number of rotatable bonds is 2. The molecule has 0 bridgehead atoms. The van der Waals surface area contributed by atoms with Crippen LogP contribution >= 0.6 is 0 Å². The topological polar surface area (TPSA) is 43.1 Å². The van der Waals surface area contributed by atoms with Gasteiger partial charge >= 0.3 is 0 Å². The summed E-state index contributed by atoms with van der Waals surface area (Å²) < 4.78 is 13.4. The number of halogens is 1. The number of aryl methyl sites for hydroxylation is 3. The van der Waals surface area contributed by atoms with Gasteiger partial charge in [-0.15, -0.1) is 0 Å². The van der Waals surface area contributed by atoms with Gasteiger partial charge in [0.25, 0.3) is 0 Å². The Morgan fingerprint density at radius 1 is 1.00 bits per heavy atom. The van der Waals surface area contributed by atoms with Gasteiger partial charge in [-0.3, -0.25) is 4.79 Å². The highest BCUT2D eigenvalue weighted by atomic mass is 19.1. The van der Waals surface area contributed by atoms with E-state index in [0.29, 0.717) is 11.1 Å². The number of hydrogen-bond acceptors (Lipinski definition) is 2. The number of hydrogen-bond donors (Lipinski definition) is 1. The summed E-state index contributed by atoms with van der Waals surface area (Å²) in [6.45, 7) is 5.84. The van der Waals surface area contributed by atoms with Crippen LogP contribution in [0, 0.1) is 26.6 Å². The van der Waals surface area contributed by atoms with Crippen LogP contribution in [0.2, 0.25) is 0 Å². The average molecular weight is 257 g/mol. The van der Waals surface area contributed by atoms with Gasteiger partial charge in [-0.05, 0) is 61.7 Å². The molecular formula is C16H16FNO. The van der Waals surface area contributed by atoms with E-state index in [1.165, 1.54) is 12.1 Å². The summed E-state index contributed by atoms with van der Waals surface area (Å²) in [4.78, 5) is 12.4. The zero-order valence-corrected chi connectivity index (χ0v) is 11.3. The van der Waals surface area contributed by atoms with Crippen LogP contribution in [0.3, 0.4) is 0 Å². The second kappa shape index (κ2) is 4.84. The average Bonchev–Trinajstić information content (AvgIpc) is 2.36. The van der Waals surface area contributed by atoms with E-state index in [4.69, 9.17) is 5.73 Å². The van der Waals surface area contributed by atoms with Crippen molar-refractivity contribution in [1.82, 2.24) is 0 Å². The van der Waals surface area contributed by atoms with Crippen LogP contribution in [0.25, 0.3) is 0 Å². The Balaban J connectivity index is 2.49. The maximum atomic E-state index is 13.4. The molecule has 0 fully saturated rings. The highest BCUT2D eigenvalue weighted by Crippen LogP contribution is 2.20. The van der Waals surface area contributed by atoms with Crippen molar-refractivity contribution in [3.8, 4) is 0 Å². The molecule has 2 nitrogen and oxygen atoms in total. The lowest BCUT2D eigenvalue weighted by Gasteiger charge is -2.09. The van der Waals surface area contributed by atoms with Crippen molar-refractivity contribution < 1.29 is 9.18 Å². The molecule has 0 radical (unpaired) electrons. The van der Waals surface area contributed by atoms with Crippen LogP contribution in [-0.2, 0) is 0 Å². The molecule has 0 atom stereocenters. The van der Waals surface area contributed by atoms with E-state index < -0.39 is 5.82 Å². The van der Waals surface area contributed by atoms with Crippen molar-refractivity contribution in [2.24, 2.45) is 0 Å². The Kier molecular flexibility index (Phi) is 3.38. The van der Waals surface area contributed by atoms with E-state index >= 15 is 0 Å². The van der Waals surface area contributed by atoms with E-state index in [2.05, 4.69) is 0 Å². The smallest absolute Gasteiger partial charge is 0.193 e. The van der Waals surface area contributed by atoms with Crippen molar-refractivity contribution in [1.29, 1.82) is 0 Å². The third-order valence-electron chi connectivity index (χ3n) is 3.35. The highest BCUT2D eigenvalue weighted by molar-refractivity contribution is 6.10. The molecule has 2 N–H and O–H groups in total. The van der Waals surface area contributed by atoms with Gasteiger partial charge in [0.15, 0.2) is 5.78 Å². The maximum Gasteiger partial charge on any atom is 0.193 e. The molecule has 98 valence electrons. The highest BCUT2D eigenvalue weighted by Gasteiger charge is 2.14. The number of anilines is 1. The minimum atomic E-state index is -0.563. The molecule has 2 aromatic carbocycles. The lowest BCUT2D eigenvalue weighted by Crippen LogP contribution is -2.06. The lowest BCUT2D eigenvalue weighted by atomic mass is 9.94. The van der Waals surface area contributed by atoms with Crippen molar-refractivity contribution in [2.75, 3.05) is 5.73 Å². The van der Waals surface area contributed by atoms with E-state index in [-0.39, 0.29) is 11.5 Å². The van der Waals surface area contributed by atoms with E-state index in [0.717, 1.165) is 16.7 Å². The van der Waals surface area contributed by atoms with Gasteiger partial charge < -0.3 is 5.73 Å². The molecular weight excluding hydrogens is 241 g/mol. The zero-order valence-electron chi connectivity index (χ0n) is 11.3. The van der Waals surface area contributed by atoms with Crippen LogP contribution in [0.5, 0.6) is 0 Å². The van der Waals surface area contributed by atoms with Crippen LogP contribution in [0.4, 0.5) is 10.1 Å². The molecule has 2 rings (SSSR count). The van der Waals surface area contributed by atoms with Gasteiger partial charge in [0.2, 0.25) is 0 Å². The quantitative estimate of drug-likeness (QED) is 0.660. The van der Waals surface area contributed by atoms with Crippen molar-refractivity contribution in [3.63, 3.8) is 0 Å². The standard InChI is InChI=1S/C16H16FNO/c1-9-6-11(3)13(7-10(9)2)16(19)12-4-5-15(18)14(17)8-12/h4-8H,18H2,1-3H3. The largest absolute Gasteiger partial charge is 0.396 e. The molecule has 19 heavy (non-hydrogen) atoms. The molecule has 0 unspecified atom stereocenters. The normalized spacial score (nSPS) is 10.5. The molecule has 0 spiro atoms. The molecule has 3 heteroatoms. The number of benzene rings is 2. The number of ketones is 1. The summed E-state index contributed by atoms with van der Waals surface area (Å²) >= 11 is 0. The third-order valence-corrected chi connectivity index (χ3v) is 3.35. The summed E-state index contributed by atoms with van der Waals surface area (Å²) in [5.74, 6) is -0.744. The van der Waals surface area contributed by atoms with Gasteiger partial charge in [0.05, 0.1) is 5.69 Å². The summed E-state index contributed by atoms with van der Waals surface area (Å²) in [6, 6.07) is 7.97. The first-order valence-corrected chi connectivity index (χ1v) is 6.07.